The van der Waals surface area contributed by atoms with Gasteiger partial charge >= 0.3 is 6.03 Å². The van der Waals surface area contributed by atoms with Gasteiger partial charge in [-0.3, -0.25) is 10.2 Å². The van der Waals surface area contributed by atoms with Gasteiger partial charge in [-0.05, 0) is 48.4 Å². The smallest absolute Gasteiger partial charge is 0.309 e. The van der Waals surface area contributed by atoms with Gasteiger partial charge in [-0.25, -0.2) is 9.18 Å². The van der Waals surface area contributed by atoms with E-state index in [1.54, 1.807) is 6.92 Å². The number of amides is 2. The van der Waals surface area contributed by atoms with E-state index in [4.69, 9.17) is 16.4 Å². The van der Waals surface area contributed by atoms with Crippen molar-refractivity contribution >= 4 is 34.1 Å². The molecule has 1 fully saturated rings. The third kappa shape index (κ3) is 9.07. The maximum atomic E-state index is 15.1. The summed E-state index contributed by atoms with van der Waals surface area (Å²) in [5.74, 6) is 0. The SMILES string of the molecule is CCCCCCCCCCCN1C(NC(=O)Nc2ccc3ccc(Cl)cc3c2)NC(C)C(F)C1NOC. The summed E-state index contributed by atoms with van der Waals surface area (Å²) in [4.78, 5) is 20.0. The van der Waals surface area contributed by atoms with E-state index in [-0.39, 0.29) is 6.03 Å². The first-order valence-electron chi connectivity index (χ1n) is 13.6. The lowest BCUT2D eigenvalue weighted by Crippen LogP contribution is -2.73. The Morgan fingerprint density at radius 2 is 1.70 bits per heavy atom. The Bertz CT molecular complexity index is 981. The molecule has 0 saturated carbocycles. The van der Waals surface area contributed by atoms with Crippen molar-refractivity contribution in [3.8, 4) is 0 Å². The second-order valence-corrected chi connectivity index (χ2v) is 10.4. The average molecular weight is 536 g/mol. The Morgan fingerprint density at radius 3 is 2.41 bits per heavy atom. The molecule has 37 heavy (non-hydrogen) atoms. The van der Waals surface area contributed by atoms with E-state index in [1.807, 2.05) is 41.3 Å². The lowest BCUT2D eigenvalue weighted by molar-refractivity contribution is -0.0997. The number of nitrogens with one attached hydrogen (secondary N) is 4. The number of carbonyl (C=O) groups excluding carboxylic acids is 1. The number of rotatable bonds is 14. The summed E-state index contributed by atoms with van der Waals surface area (Å²) in [6.07, 6.45) is 8.40. The van der Waals surface area contributed by atoms with Gasteiger partial charge in [-0.15, -0.1) is 0 Å². The maximum absolute atomic E-state index is 15.1. The van der Waals surface area contributed by atoms with Crippen LogP contribution in [0.4, 0.5) is 14.9 Å². The van der Waals surface area contributed by atoms with Crippen LogP contribution >= 0.6 is 11.6 Å². The first kappa shape index (κ1) is 29.6. The maximum Gasteiger partial charge on any atom is 0.321 e. The summed E-state index contributed by atoms with van der Waals surface area (Å²) in [6, 6.07) is 10.4. The van der Waals surface area contributed by atoms with Gasteiger partial charge in [0.05, 0.1) is 7.11 Å². The van der Waals surface area contributed by atoms with E-state index in [0.717, 1.165) is 30.0 Å². The standard InChI is InChI=1S/C28H43ClFN5O2/c1-4-5-6-7-8-9-10-11-12-17-35-26(34-37-3)25(30)20(2)31-27(35)33-28(36)32-24-16-14-21-13-15-23(29)18-22(21)19-24/h13-16,18-20,25-27,31,34H,4-12,17H2,1-3H3,(H2,32,33,36). The fraction of sp³-hybridized carbons (Fsp3) is 0.607. The van der Waals surface area contributed by atoms with Crippen molar-refractivity contribution in [2.75, 3.05) is 19.0 Å². The van der Waals surface area contributed by atoms with Crippen LogP contribution in [0.15, 0.2) is 36.4 Å². The normalized spacial score (nSPS) is 22.3. The van der Waals surface area contributed by atoms with Crippen molar-refractivity contribution < 1.29 is 14.0 Å². The molecule has 2 amide bonds. The van der Waals surface area contributed by atoms with E-state index >= 15 is 4.39 Å². The van der Waals surface area contributed by atoms with Gasteiger partial charge in [0.1, 0.15) is 18.6 Å². The lowest BCUT2D eigenvalue weighted by atomic mass is 10.1. The highest BCUT2D eigenvalue weighted by molar-refractivity contribution is 6.31. The number of hydroxylamine groups is 1. The van der Waals surface area contributed by atoms with Crippen molar-refractivity contribution in [1.29, 1.82) is 0 Å². The molecule has 4 atom stereocenters. The highest BCUT2D eigenvalue weighted by Gasteiger charge is 2.42. The third-order valence-corrected chi connectivity index (χ3v) is 7.21. The second kappa shape index (κ2) is 15.4. The number of alkyl halides is 1. The van der Waals surface area contributed by atoms with Crippen LogP contribution in [0.2, 0.25) is 5.02 Å². The number of hydrogen-bond acceptors (Lipinski definition) is 5. The van der Waals surface area contributed by atoms with E-state index in [2.05, 4.69) is 28.4 Å². The molecule has 1 aliphatic rings. The van der Waals surface area contributed by atoms with E-state index in [0.29, 0.717) is 17.3 Å². The molecular weight excluding hydrogens is 493 g/mol. The van der Waals surface area contributed by atoms with Crippen LogP contribution in [-0.2, 0) is 4.84 Å². The van der Waals surface area contributed by atoms with Crippen molar-refractivity contribution in [3.63, 3.8) is 0 Å². The molecule has 2 aromatic rings. The topological polar surface area (TPSA) is 77.7 Å². The molecule has 7 nitrogen and oxygen atoms in total. The van der Waals surface area contributed by atoms with Crippen molar-refractivity contribution in [2.24, 2.45) is 0 Å². The van der Waals surface area contributed by atoms with Crippen molar-refractivity contribution in [3.05, 3.63) is 41.4 Å². The number of anilines is 1. The predicted octanol–water partition coefficient (Wildman–Crippen LogP) is 6.54. The Kier molecular flexibility index (Phi) is 12.3. The van der Waals surface area contributed by atoms with Crippen LogP contribution < -0.4 is 21.4 Å². The van der Waals surface area contributed by atoms with Crippen LogP contribution in [0, 0.1) is 0 Å². The number of unbranched alkanes of at least 4 members (excludes halogenated alkanes) is 8. The van der Waals surface area contributed by atoms with Gasteiger partial charge < -0.3 is 15.5 Å². The molecular formula is C28H43ClFN5O2. The monoisotopic (exact) mass is 535 g/mol. The summed E-state index contributed by atoms with van der Waals surface area (Å²) in [6.45, 7) is 4.62. The Labute approximate surface area is 225 Å². The van der Waals surface area contributed by atoms with Gasteiger partial charge in [0.15, 0.2) is 0 Å². The Balaban J connectivity index is 1.57. The molecule has 0 radical (unpaired) electrons. The average Bonchev–Trinajstić information content (AvgIpc) is 2.87. The van der Waals surface area contributed by atoms with Crippen LogP contribution in [0.5, 0.6) is 0 Å². The lowest BCUT2D eigenvalue weighted by Gasteiger charge is -2.46. The molecule has 3 rings (SSSR count). The molecule has 0 aromatic heterocycles. The minimum absolute atomic E-state index is 0.378. The molecule has 1 saturated heterocycles. The molecule has 4 unspecified atom stereocenters. The quantitative estimate of drug-likeness (QED) is 0.163. The third-order valence-electron chi connectivity index (χ3n) is 6.98. The van der Waals surface area contributed by atoms with E-state index in [1.165, 1.54) is 45.6 Å². The molecule has 4 N–H and O–H groups in total. The molecule has 1 heterocycles. The van der Waals surface area contributed by atoms with Crippen LogP contribution in [0.25, 0.3) is 10.8 Å². The number of nitrogens with zero attached hydrogens (tertiary/aromatic N) is 1. The second-order valence-electron chi connectivity index (χ2n) is 9.94. The number of urea groups is 1. The van der Waals surface area contributed by atoms with Crippen LogP contribution in [0.3, 0.4) is 0 Å². The first-order chi connectivity index (χ1) is 17.9. The summed E-state index contributed by atoms with van der Waals surface area (Å²) >= 11 is 6.12. The summed E-state index contributed by atoms with van der Waals surface area (Å²) in [5, 5.41) is 11.7. The van der Waals surface area contributed by atoms with Crippen molar-refractivity contribution in [2.45, 2.75) is 96.3 Å². The number of halogens is 2. The van der Waals surface area contributed by atoms with Crippen molar-refractivity contribution in [1.82, 2.24) is 21.0 Å². The number of carbonyl (C=O) groups is 1. The number of hydrogen-bond donors (Lipinski definition) is 4. The minimum Gasteiger partial charge on any atom is -0.309 e. The van der Waals surface area contributed by atoms with Gasteiger partial charge in [-0.1, -0.05) is 82.0 Å². The predicted molar refractivity (Wildman–Crippen MR) is 150 cm³/mol. The molecule has 1 aliphatic heterocycles. The number of fused-ring (bicyclic) bond motifs is 1. The van der Waals surface area contributed by atoms with Crippen LogP contribution in [0.1, 0.15) is 71.6 Å². The first-order valence-corrected chi connectivity index (χ1v) is 14.0. The molecule has 2 aromatic carbocycles. The van der Waals surface area contributed by atoms with Gasteiger partial charge in [0.25, 0.3) is 0 Å². The summed E-state index contributed by atoms with van der Waals surface area (Å²) in [7, 11) is 1.48. The Hall–Kier alpha value is -1.97. The molecule has 0 spiro atoms. The zero-order valence-corrected chi connectivity index (χ0v) is 23.1. The minimum atomic E-state index is -1.20. The molecule has 0 aliphatic carbocycles. The molecule has 0 bridgehead atoms. The largest absolute Gasteiger partial charge is 0.321 e. The zero-order chi connectivity index (χ0) is 26.6. The van der Waals surface area contributed by atoms with Crippen LogP contribution in [-0.4, -0.2) is 49.3 Å². The summed E-state index contributed by atoms with van der Waals surface area (Å²) in [5.41, 5.74) is 3.45. The van der Waals surface area contributed by atoms with Gasteiger partial charge in [0.2, 0.25) is 0 Å². The fourth-order valence-corrected chi connectivity index (χ4v) is 5.07. The van der Waals surface area contributed by atoms with Gasteiger partial charge in [-0.2, -0.15) is 5.48 Å². The zero-order valence-electron chi connectivity index (χ0n) is 22.4. The highest BCUT2D eigenvalue weighted by atomic mass is 35.5. The Morgan fingerprint density at radius 1 is 1.03 bits per heavy atom. The highest BCUT2D eigenvalue weighted by Crippen LogP contribution is 2.23. The molecule has 206 valence electrons. The van der Waals surface area contributed by atoms with Gasteiger partial charge in [0, 0.05) is 23.3 Å². The number of benzene rings is 2. The van der Waals surface area contributed by atoms with E-state index < -0.39 is 24.7 Å². The van der Waals surface area contributed by atoms with E-state index in [9.17, 15) is 4.79 Å². The molecule has 9 heteroatoms. The summed E-state index contributed by atoms with van der Waals surface area (Å²) < 4.78 is 15.1. The fourth-order valence-electron chi connectivity index (χ4n) is 4.89.